The Morgan fingerprint density at radius 2 is 0.709 bits per heavy atom. The zero-order valence-electron chi connectivity index (χ0n) is 42.4. The average molecular weight is 1110 g/mol. The van der Waals surface area contributed by atoms with Crippen molar-refractivity contribution in [2.45, 2.75) is 6.42 Å². The van der Waals surface area contributed by atoms with Crippen molar-refractivity contribution in [2.24, 2.45) is 0 Å². The van der Waals surface area contributed by atoms with Crippen LogP contribution in [0.1, 0.15) is 11.1 Å². The molecule has 17 aromatic rings. The van der Waals surface area contributed by atoms with E-state index in [1.54, 1.807) is 0 Å². The molecule has 5 heterocycles. The molecule has 18 rings (SSSR count). The van der Waals surface area contributed by atoms with Crippen LogP contribution in [-0.2, 0) is 6.42 Å². The van der Waals surface area contributed by atoms with Gasteiger partial charge in [0.15, 0.2) is 0 Å². The minimum atomic E-state index is 0.927. The number of benzene rings is 12. The highest BCUT2D eigenvalue weighted by atomic mass is 79.9. The van der Waals surface area contributed by atoms with Gasteiger partial charge in [-0.15, -0.1) is 22.7 Å². The summed E-state index contributed by atoms with van der Waals surface area (Å²) in [6, 6.07) is 90.6. The highest BCUT2D eigenvalue weighted by Gasteiger charge is 2.22. The Labute approximate surface area is 470 Å². The Kier molecular flexibility index (Phi) is 10.8. The molecule has 0 radical (unpaired) electrons. The lowest BCUT2D eigenvalue weighted by atomic mass is 9.97. The van der Waals surface area contributed by atoms with Gasteiger partial charge < -0.3 is 13.4 Å². The summed E-state index contributed by atoms with van der Waals surface area (Å²) in [7, 11) is 0. The number of para-hydroxylation sites is 6. The summed E-state index contributed by atoms with van der Waals surface area (Å²) in [5.41, 5.74) is 17.9. The van der Waals surface area contributed by atoms with Crippen molar-refractivity contribution >= 4 is 145 Å². The van der Waals surface area contributed by atoms with Gasteiger partial charge in [-0.1, -0.05) is 206 Å². The second-order valence-corrected chi connectivity index (χ2v) is 23.2. The fourth-order valence-corrected chi connectivity index (χ4v) is 15.4. The standard InChI is InChI=1S/C36H21NOS.C24H13BrOS.C13H10/c1-4-17-29-22(10-1)23-11-2-5-18-30(23)37(29)31-19-8-16-28-34-25(13-9-21-33(34)39-36(28)31)27-15-7-14-26-24-12-3-6-20-32(24)38-35(26)27;25-19-11-4-10-18-22-15(7-5-13-21(22)27-24(18)19)17-9-3-8-16-14-6-1-2-12-20(14)26-23(16)17;1-3-7-12-10(5-1)9-11-6-2-4-8-13(11)12/h1-21H;1-13H;1-8H,9H2. The average Bonchev–Trinajstić information content (AvgIpc) is 4.57. The fraction of sp³-hybridized carbons (Fsp3) is 0.0137. The SMILES string of the molecule is Brc1cccc2c1sc1cccc(-c3cccc4c3oc3ccccc34)c12.c1ccc2c(c1)Cc1ccccc1-2.c1ccc2c(c1)oc1c(-c3cccc4sc5c(-n6c7ccccc7c7ccccc76)cccc5c34)cccc12. The number of halogens is 1. The summed E-state index contributed by atoms with van der Waals surface area (Å²) >= 11 is 7.41. The predicted molar refractivity (Wildman–Crippen MR) is 341 cm³/mol. The van der Waals surface area contributed by atoms with Crippen LogP contribution in [0.2, 0.25) is 0 Å². The summed E-state index contributed by atoms with van der Waals surface area (Å²) < 4.78 is 21.5. The molecule has 3 nitrogen and oxygen atoms in total. The third-order valence-corrected chi connectivity index (χ3v) is 19.2. The van der Waals surface area contributed by atoms with Crippen molar-refractivity contribution in [3.8, 4) is 39.1 Å². The molecule has 0 unspecified atom stereocenters. The summed E-state index contributed by atoms with van der Waals surface area (Å²) in [6.07, 6.45) is 1.10. The monoisotopic (exact) mass is 1110 g/mol. The Morgan fingerprint density at radius 3 is 1.28 bits per heavy atom. The second-order valence-electron chi connectivity index (χ2n) is 20.3. The van der Waals surface area contributed by atoms with E-state index in [0.29, 0.717) is 0 Å². The maximum atomic E-state index is 6.45. The third kappa shape index (κ3) is 7.36. The molecule has 79 heavy (non-hydrogen) atoms. The van der Waals surface area contributed by atoms with Gasteiger partial charge in [-0.3, -0.25) is 0 Å². The number of aromatic nitrogens is 1. The maximum absolute atomic E-state index is 6.45. The zero-order chi connectivity index (χ0) is 52.1. The lowest BCUT2D eigenvalue weighted by molar-refractivity contribution is 0.669. The van der Waals surface area contributed by atoms with Crippen LogP contribution in [0.5, 0.6) is 0 Å². The van der Waals surface area contributed by atoms with E-state index in [1.165, 1.54) is 112 Å². The number of hydrogen-bond acceptors (Lipinski definition) is 4. The van der Waals surface area contributed by atoms with Gasteiger partial charge in [0, 0.05) is 83.6 Å². The van der Waals surface area contributed by atoms with Gasteiger partial charge in [0.25, 0.3) is 0 Å². The Balaban J connectivity index is 0.000000112. The van der Waals surface area contributed by atoms with Gasteiger partial charge in [-0.05, 0) is 104 Å². The van der Waals surface area contributed by atoms with Crippen molar-refractivity contribution < 1.29 is 8.83 Å². The second kappa shape index (κ2) is 18.6. The van der Waals surface area contributed by atoms with E-state index in [1.807, 2.05) is 40.9 Å². The molecule has 372 valence electrons. The lowest BCUT2D eigenvalue weighted by Gasteiger charge is -2.10. The van der Waals surface area contributed by atoms with Crippen LogP contribution in [0.3, 0.4) is 0 Å². The molecular formula is C73H44BrNO2S2. The molecule has 0 atom stereocenters. The molecule has 1 aliphatic carbocycles. The van der Waals surface area contributed by atoms with Gasteiger partial charge in [-0.25, -0.2) is 0 Å². The summed E-state index contributed by atoms with van der Waals surface area (Å²) in [5, 5.41) is 12.4. The summed E-state index contributed by atoms with van der Waals surface area (Å²) in [5.74, 6) is 0. The largest absolute Gasteiger partial charge is 0.455 e. The van der Waals surface area contributed by atoms with Crippen molar-refractivity contribution in [2.75, 3.05) is 0 Å². The molecule has 0 amide bonds. The number of nitrogens with zero attached hydrogens (tertiary/aromatic N) is 1. The van der Waals surface area contributed by atoms with Gasteiger partial charge in [0.2, 0.25) is 0 Å². The summed E-state index contributed by atoms with van der Waals surface area (Å²) in [6.45, 7) is 0. The number of fused-ring (bicyclic) bond motifs is 18. The Bertz CT molecular complexity index is 5180. The number of thiophene rings is 2. The van der Waals surface area contributed by atoms with Gasteiger partial charge in [0.05, 0.1) is 21.4 Å². The normalized spacial score (nSPS) is 12.1. The van der Waals surface area contributed by atoms with Crippen molar-refractivity contribution in [3.63, 3.8) is 0 Å². The van der Waals surface area contributed by atoms with E-state index < -0.39 is 0 Å². The molecule has 1 aliphatic rings. The number of rotatable bonds is 3. The van der Waals surface area contributed by atoms with E-state index in [0.717, 1.165) is 55.1 Å². The molecule has 0 aliphatic heterocycles. The number of furan rings is 2. The molecule has 12 aromatic carbocycles. The molecule has 0 N–H and O–H groups in total. The first-order valence-electron chi connectivity index (χ1n) is 26.6. The fourth-order valence-electron chi connectivity index (χ4n) is 12.5. The molecule has 6 heteroatoms. The zero-order valence-corrected chi connectivity index (χ0v) is 45.6. The van der Waals surface area contributed by atoms with Crippen LogP contribution >= 0.6 is 38.6 Å². The Hall–Kier alpha value is -9.04. The molecular weight excluding hydrogens is 1070 g/mol. The smallest absolute Gasteiger partial charge is 0.143 e. The van der Waals surface area contributed by atoms with E-state index in [9.17, 15) is 0 Å². The van der Waals surface area contributed by atoms with Gasteiger partial charge in [-0.2, -0.15) is 0 Å². The van der Waals surface area contributed by atoms with Crippen molar-refractivity contribution in [1.29, 1.82) is 0 Å². The van der Waals surface area contributed by atoms with E-state index >= 15 is 0 Å². The molecule has 0 bridgehead atoms. The quantitative estimate of drug-likeness (QED) is 0.177. The highest BCUT2D eigenvalue weighted by Crippen LogP contribution is 2.48. The minimum Gasteiger partial charge on any atom is -0.455 e. The van der Waals surface area contributed by atoms with E-state index in [2.05, 4.69) is 257 Å². The third-order valence-electron chi connectivity index (χ3n) is 15.9. The van der Waals surface area contributed by atoms with Crippen molar-refractivity contribution in [1.82, 2.24) is 4.57 Å². The van der Waals surface area contributed by atoms with Crippen LogP contribution < -0.4 is 0 Å². The van der Waals surface area contributed by atoms with Crippen LogP contribution in [0.25, 0.3) is 145 Å². The van der Waals surface area contributed by atoms with E-state index in [-0.39, 0.29) is 0 Å². The molecule has 0 fully saturated rings. The van der Waals surface area contributed by atoms with Crippen LogP contribution in [0.4, 0.5) is 0 Å². The topological polar surface area (TPSA) is 31.2 Å². The van der Waals surface area contributed by atoms with Gasteiger partial charge >= 0.3 is 0 Å². The van der Waals surface area contributed by atoms with E-state index in [4.69, 9.17) is 8.83 Å². The van der Waals surface area contributed by atoms with Gasteiger partial charge in [0.1, 0.15) is 22.3 Å². The first kappa shape index (κ1) is 46.1. The summed E-state index contributed by atoms with van der Waals surface area (Å²) in [4.78, 5) is 0. The molecule has 0 spiro atoms. The molecule has 0 saturated carbocycles. The first-order valence-corrected chi connectivity index (χ1v) is 29.1. The molecule has 5 aromatic heterocycles. The minimum absolute atomic E-state index is 0.927. The lowest BCUT2D eigenvalue weighted by Crippen LogP contribution is -1.93. The maximum Gasteiger partial charge on any atom is 0.143 e. The Morgan fingerprint density at radius 1 is 0.316 bits per heavy atom. The molecule has 0 saturated heterocycles. The van der Waals surface area contributed by atoms with Crippen LogP contribution in [-0.4, -0.2) is 4.57 Å². The number of hydrogen-bond donors (Lipinski definition) is 0. The highest BCUT2D eigenvalue weighted by molar-refractivity contribution is 9.10. The first-order chi connectivity index (χ1) is 39.1. The van der Waals surface area contributed by atoms with Crippen molar-refractivity contribution in [3.05, 3.63) is 270 Å². The van der Waals surface area contributed by atoms with Crippen LogP contribution in [0.15, 0.2) is 268 Å². The van der Waals surface area contributed by atoms with Crippen LogP contribution in [0, 0.1) is 0 Å². The predicted octanol–water partition coefficient (Wildman–Crippen LogP) is 22.4.